The van der Waals surface area contributed by atoms with Crippen molar-refractivity contribution in [1.29, 1.82) is 0 Å². The molecule has 2 aromatic carbocycles. The second kappa shape index (κ2) is 8.47. The molecular weight excluding hydrogens is 356 g/mol. The van der Waals surface area contributed by atoms with Crippen LogP contribution >= 0.6 is 0 Å². The third-order valence-corrected chi connectivity index (χ3v) is 4.16. The molecule has 0 spiro atoms. The van der Waals surface area contributed by atoms with Crippen molar-refractivity contribution in [3.8, 4) is 5.69 Å². The zero-order chi connectivity index (χ0) is 20.1. The summed E-state index contributed by atoms with van der Waals surface area (Å²) in [4.78, 5) is 25.7. The predicted octanol–water partition coefficient (Wildman–Crippen LogP) is 3.49. The number of benzene rings is 2. The van der Waals surface area contributed by atoms with Gasteiger partial charge in [0.1, 0.15) is 0 Å². The van der Waals surface area contributed by atoms with Gasteiger partial charge in [0.05, 0.1) is 11.4 Å². The van der Waals surface area contributed by atoms with Gasteiger partial charge in [0.25, 0.3) is 5.91 Å². The molecule has 1 heterocycles. The van der Waals surface area contributed by atoms with Crippen molar-refractivity contribution in [3.05, 3.63) is 71.5 Å². The molecule has 28 heavy (non-hydrogen) atoms. The zero-order valence-electron chi connectivity index (χ0n) is 16.0. The number of aromatic nitrogens is 3. The van der Waals surface area contributed by atoms with Crippen molar-refractivity contribution < 1.29 is 14.3 Å². The van der Waals surface area contributed by atoms with Gasteiger partial charge in [-0.25, -0.2) is 4.79 Å². The topological polar surface area (TPSA) is 86.1 Å². The summed E-state index contributed by atoms with van der Waals surface area (Å²) in [5.74, 6) is -0.693. The lowest BCUT2D eigenvalue weighted by Crippen LogP contribution is -2.21. The second-order valence-corrected chi connectivity index (χ2v) is 6.66. The molecule has 1 N–H and O–H groups in total. The third kappa shape index (κ3) is 4.62. The number of carbonyl (C=O) groups excluding carboxylic acids is 2. The number of ether oxygens (including phenoxy) is 1. The number of hydrogen-bond acceptors (Lipinski definition) is 5. The number of para-hydroxylation sites is 1. The normalized spacial score (nSPS) is 10.7. The lowest BCUT2D eigenvalue weighted by molar-refractivity contribution is -0.119. The molecule has 0 aliphatic heterocycles. The Morgan fingerprint density at radius 3 is 2.36 bits per heavy atom. The Morgan fingerprint density at radius 1 is 1.04 bits per heavy atom. The molecule has 0 aliphatic rings. The van der Waals surface area contributed by atoms with Crippen LogP contribution < -0.4 is 5.32 Å². The van der Waals surface area contributed by atoms with Crippen LogP contribution in [-0.2, 0) is 9.53 Å². The molecule has 3 aromatic rings. The number of aryl methyl sites for hydroxylation is 1. The Bertz CT molecular complexity index is 963. The van der Waals surface area contributed by atoms with E-state index in [1.165, 1.54) is 10.4 Å². The first-order valence-electron chi connectivity index (χ1n) is 9.00. The highest BCUT2D eigenvalue weighted by atomic mass is 16.5. The van der Waals surface area contributed by atoms with Crippen molar-refractivity contribution in [2.24, 2.45) is 0 Å². The average molecular weight is 378 g/mol. The lowest BCUT2D eigenvalue weighted by atomic mass is 10.0. The maximum absolute atomic E-state index is 12.3. The molecule has 0 saturated carbocycles. The SMILES string of the molecule is Cc1nn(-c2ccccc2)nc1C(=O)OCC(=O)Nc1ccc(C(C)C)cc1. The van der Waals surface area contributed by atoms with Gasteiger partial charge in [-0.1, -0.05) is 44.2 Å². The molecule has 0 bridgehead atoms. The zero-order valence-corrected chi connectivity index (χ0v) is 16.0. The van der Waals surface area contributed by atoms with Gasteiger partial charge in [-0.05, 0) is 42.7 Å². The van der Waals surface area contributed by atoms with Crippen LogP contribution in [0.15, 0.2) is 54.6 Å². The van der Waals surface area contributed by atoms with Gasteiger partial charge in [-0.15, -0.1) is 5.10 Å². The maximum atomic E-state index is 12.3. The summed E-state index contributed by atoms with van der Waals surface area (Å²) in [5, 5.41) is 11.1. The number of rotatable bonds is 6. The highest BCUT2D eigenvalue weighted by Gasteiger charge is 2.19. The number of nitrogens with one attached hydrogen (secondary N) is 1. The van der Waals surface area contributed by atoms with Crippen LogP contribution in [0, 0.1) is 6.92 Å². The van der Waals surface area contributed by atoms with E-state index in [1.807, 2.05) is 54.6 Å². The third-order valence-electron chi connectivity index (χ3n) is 4.16. The van der Waals surface area contributed by atoms with E-state index in [1.54, 1.807) is 6.92 Å². The smallest absolute Gasteiger partial charge is 0.361 e. The van der Waals surface area contributed by atoms with Crippen molar-refractivity contribution in [2.75, 3.05) is 11.9 Å². The number of carbonyl (C=O) groups is 2. The second-order valence-electron chi connectivity index (χ2n) is 6.66. The fourth-order valence-corrected chi connectivity index (χ4v) is 2.59. The van der Waals surface area contributed by atoms with Crippen molar-refractivity contribution in [2.45, 2.75) is 26.7 Å². The van der Waals surface area contributed by atoms with Crippen molar-refractivity contribution in [3.63, 3.8) is 0 Å². The molecule has 3 rings (SSSR count). The maximum Gasteiger partial charge on any atom is 0.361 e. The van der Waals surface area contributed by atoms with E-state index >= 15 is 0 Å². The van der Waals surface area contributed by atoms with Crippen LogP contribution in [0.3, 0.4) is 0 Å². The highest BCUT2D eigenvalue weighted by molar-refractivity contribution is 5.95. The first-order valence-corrected chi connectivity index (χ1v) is 9.00. The van der Waals surface area contributed by atoms with E-state index in [9.17, 15) is 9.59 Å². The molecule has 0 unspecified atom stereocenters. The number of anilines is 1. The predicted molar refractivity (Wildman–Crippen MR) is 106 cm³/mol. The Labute approximate surface area is 163 Å². The summed E-state index contributed by atoms with van der Waals surface area (Å²) in [6, 6.07) is 16.8. The standard InChI is InChI=1S/C21H22N4O3/c1-14(2)16-9-11-17(12-10-16)22-19(26)13-28-21(27)20-15(3)23-25(24-20)18-7-5-4-6-8-18/h4-12,14H,13H2,1-3H3,(H,22,26). The molecular formula is C21H22N4O3. The van der Waals surface area contributed by atoms with Crippen molar-refractivity contribution >= 4 is 17.6 Å². The molecule has 0 atom stereocenters. The molecule has 0 radical (unpaired) electrons. The van der Waals surface area contributed by atoms with Gasteiger partial charge in [0.2, 0.25) is 0 Å². The largest absolute Gasteiger partial charge is 0.451 e. The lowest BCUT2D eigenvalue weighted by Gasteiger charge is -2.08. The molecule has 7 nitrogen and oxygen atoms in total. The van der Waals surface area contributed by atoms with E-state index in [0.29, 0.717) is 17.3 Å². The summed E-state index contributed by atoms with van der Waals surface area (Å²) in [6.45, 7) is 5.47. The van der Waals surface area contributed by atoms with Crippen LogP contribution in [0.4, 0.5) is 5.69 Å². The van der Waals surface area contributed by atoms with E-state index in [-0.39, 0.29) is 5.69 Å². The van der Waals surface area contributed by atoms with E-state index in [4.69, 9.17) is 4.74 Å². The first-order chi connectivity index (χ1) is 13.4. The minimum Gasteiger partial charge on any atom is -0.451 e. The molecule has 7 heteroatoms. The minimum atomic E-state index is -0.690. The number of hydrogen-bond donors (Lipinski definition) is 1. The van der Waals surface area contributed by atoms with Gasteiger partial charge >= 0.3 is 5.97 Å². The van der Waals surface area contributed by atoms with Crippen LogP contribution in [0.2, 0.25) is 0 Å². The van der Waals surface area contributed by atoms with Gasteiger partial charge in [0.15, 0.2) is 12.3 Å². The number of esters is 1. The van der Waals surface area contributed by atoms with Crippen molar-refractivity contribution in [1.82, 2.24) is 15.0 Å². The summed E-state index contributed by atoms with van der Waals surface area (Å²) in [7, 11) is 0. The Morgan fingerprint density at radius 2 is 1.71 bits per heavy atom. The summed E-state index contributed by atoms with van der Waals surface area (Å²) in [5.41, 5.74) is 3.07. The summed E-state index contributed by atoms with van der Waals surface area (Å²) in [6.07, 6.45) is 0. The van der Waals surface area contributed by atoms with E-state index in [0.717, 1.165) is 5.69 Å². The average Bonchev–Trinajstić information content (AvgIpc) is 3.09. The molecule has 1 amide bonds. The molecule has 0 fully saturated rings. The Hall–Kier alpha value is -3.48. The van der Waals surface area contributed by atoms with Gasteiger partial charge in [-0.2, -0.15) is 9.90 Å². The van der Waals surface area contributed by atoms with Gasteiger partial charge in [-0.3, -0.25) is 4.79 Å². The van der Waals surface area contributed by atoms with Gasteiger partial charge < -0.3 is 10.1 Å². The quantitative estimate of drug-likeness (QED) is 0.664. The van der Waals surface area contributed by atoms with Crippen LogP contribution in [-0.4, -0.2) is 33.5 Å². The number of nitrogens with zero attached hydrogens (tertiary/aromatic N) is 3. The highest BCUT2D eigenvalue weighted by Crippen LogP contribution is 2.17. The summed E-state index contributed by atoms with van der Waals surface area (Å²) >= 11 is 0. The van der Waals surface area contributed by atoms with E-state index in [2.05, 4.69) is 29.4 Å². The monoisotopic (exact) mass is 378 g/mol. The Kier molecular flexibility index (Phi) is 5.84. The Balaban J connectivity index is 1.58. The first kappa shape index (κ1) is 19.3. The fourth-order valence-electron chi connectivity index (χ4n) is 2.59. The molecule has 0 saturated heterocycles. The molecule has 144 valence electrons. The fraction of sp³-hybridized carbons (Fsp3) is 0.238. The van der Waals surface area contributed by atoms with E-state index < -0.39 is 18.5 Å². The van der Waals surface area contributed by atoms with Crippen LogP contribution in [0.1, 0.15) is 41.5 Å². The number of amides is 1. The minimum absolute atomic E-state index is 0.0814. The van der Waals surface area contributed by atoms with Crippen LogP contribution in [0.5, 0.6) is 0 Å². The van der Waals surface area contributed by atoms with Gasteiger partial charge in [0, 0.05) is 5.69 Å². The molecule has 1 aromatic heterocycles. The molecule has 0 aliphatic carbocycles. The van der Waals surface area contributed by atoms with Crippen LogP contribution in [0.25, 0.3) is 5.69 Å². The summed E-state index contributed by atoms with van der Waals surface area (Å²) < 4.78 is 5.09.